The van der Waals surface area contributed by atoms with E-state index in [0.717, 1.165) is 37.6 Å². The summed E-state index contributed by atoms with van der Waals surface area (Å²) in [5.41, 5.74) is 1.07. The molecule has 25 heavy (non-hydrogen) atoms. The zero-order valence-electron chi connectivity index (χ0n) is 15.2. The van der Waals surface area contributed by atoms with Gasteiger partial charge < -0.3 is 20.5 Å². The lowest BCUT2D eigenvalue weighted by Crippen LogP contribution is -2.38. The Labute approximate surface area is 168 Å². The number of hydrogen-bond acceptors (Lipinski definition) is 3. The van der Waals surface area contributed by atoms with Gasteiger partial charge in [-0.1, -0.05) is 31.4 Å². The second-order valence-corrected chi connectivity index (χ2v) is 6.27. The highest BCUT2D eigenvalue weighted by atomic mass is 127. The highest BCUT2D eigenvalue weighted by Gasteiger charge is 2.12. The largest absolute Gasteiger partial charge is 0.508 e. The van der Waals surface area contributed by atoms with E-state index >= 15 is 0 Å². The molecular weight excluding hydrogens is 429 g/mol. The molecule has 3 N–H and O–H groups in total. The van der Waals surface area contributed by atoms with Crippen LogP contribution < -0.4 is 10.6 Å². The molecule has 0 heterocycles. The minimum atomic E-state index is 0. The van der Waals surface area contributed by atoms with E-state index in [-0.39, 0.29) is 29.7 Å². The zero-order valence-corrected chi connectivity index (χ0v) is 17.5. The lowest BCUT2D eigenvalue weighted by atomic mass is 9.98. The van der Waals surface area contributed by atoms with Crippen molar-refractivity contribution in [3.05, 3.63) is 29.8 Å². The monoisotopic (exact) mass is 461 g/mol. The van der Waals surface area contributed by atoms with Gasteiger partial charge >= 0.3 is 0 Å². The number of phenolic OH excluding ortho intramolecular Hbond substituents is 1. The second kappa shape index (κ2) is 13.2. The molecule has 1 fully saturated rings. The molecule has 1 saturated carbocycles. The summed E-state index contributed by atoms with van der Waals surface area (Å²) in [5, 5.41) is 15.9. The van der Waals surface area contributed by atoms with Crippen molar-refractivity contribution in [3.8, 4) is 5.75 Å². The van der Waals surface area contributed by atoms with E-state index in [4.69, 9.17) is 4.74 Å². The van der Waals surface area contributed by atoms with Crippen LogP contribution in [0.3, 0.4) is 0 Å². The fraction of sp³-hybridized carbons (Fsp3) is 0.632. The molecule has 5 nitrogen and oxygen atoms in total. The first-order valence-corrected chi connectivity index (χ1v) is 9.19. The Hall–Kier alpha value is -1.02. The highest BCUT2D eigenvalue weighted by molar-refractivity contribution is 14.0. The van der Waals surface area contributed by atoms with Gasteiger partial charge in [0.25, 0.3) is 0 Å². The van der Waals surface area contributed by atoms with Crippen molar-refractivity contribution < 1.29 is 9.84 Å². The van der Waals surface area contributed by atoms with Crippen LogP contribution in [0.2, 0.25) is 0 Å². The number of nitrogens with one attached hydrogen (secondary N) is 2. The zero-order chi connectivity index (χ0) is 17.0. The third-order valence-electron chi connectivity index (χ3n) is 4.22. The first-order valence-electron chi connectivity index (χ1n) is 9.19. The van der Waals surface area contributed by atoms with E-state index in [1.807, 2.05) is 12.1 Å². The van der Waals surface area contributed by atoms with Gasteiger partial charge in [0.1, 0.15) is 5.75 Å². The minimum absolute atomic E-state index is 0. The quantitative estimate of drug-likeness (QED) is 0.239. The fourth-order valence-electron chi connectivity index (χ4n) is 2.87. The third kappa shape index (κ3) is 9.30. The Morgan fingerprint density at radius 3 is 2.56 bits per heavy atom. The van der Waals surface area contributed by atoms with Crippen molar-refractivity contribution in [2.45, 2.75) is 58.1 Å². The van der Waals surface area contributed by atoms with Gasteiger partial charge in [0.15, 0.2) is 5.96 Å². The van der Waals surface area contributed by atoms with Crippen molar-refractivity contribution in [1.82, 2.24) is 10.6 Å². The number of nitrogens with zero attached hydrogens (tertiary/aromatic N) is 1. The molecule has 1 aliphatic rings. The average molecular weight is 461 g/mol. The first-order chi connectivity index (χ1) is 11.8. The third-order valence-corrected chi connectivity index (χ3v) is 4.22. The molecule has 142 valence electrons. The molecular formula is C19H32IN3O2. The summed E-state index contributed by atoms with van der Waals surface area (Å²) in [5.74, 6) is 1.11. The molecule has 0 amide bonds. The van der Waals surface area contributed by atoms with Gasteiger partial charge in [-0.2, -0.15) is 0 Å². The summed E-state index contributed by atoms with van der Waals surface area (Å²) in [4.78, 5) is 4.57. The Morgan fingerprint density at radius 1 is 1.16 bits per heavy atom. The van der Waals surface area contributed by atoms with Crippen LogP contribution >= 0.6 is 24.0 Å². The standard InChI is InChI=1S/C19H31N3O2.HI/c1-2-20-19(22-15-16-9-11-17(23)12-10-16)21-13-6-14-24-18-7-4-3-5-8-18;/h9-12,18,23H,2-8,13-15H2,1H3,(H2,20,21,22);1H. The number of aromatic hydroxyl groups is 1. The van der Waals surface area contributed by atoms with Crippen molar-refractivity contribution >= 4 is 29.9 Å². The molecule has 2 rings (SSSR count). The number of rotatable bonds is 8. The molecule has 0 saturated heterocycles. The normalized spacial score (nSPS) is 15.5. The molecule has 1 aromatic rings. The molecule has 6 heteroatoms. The predicted molar refractivity (Wildman–Crippen MR) is 114 cm³/mol. The number of benzene rings is 1. The molecule has 0 aromatic heterocycles. The number of hydrogen-bond donors (Lipinski definition) is 3. The number of aliphatic imine (C=N–C) groups is 1. The number of guanidine groups is 1. The number of ether oxygens (including phenoxy) is 1. The minimum Gasteiger partial charge on any atom is -0.508 e. The van der Waals surface area contributed by atoms with Gasteiger partial charge in [0.2, 0.25) is 0 Å². The smallest absolute Gasteiger partial charge is 0.191 e. The van der Waals surface area contributed by atoms with E-state index in [1.165, 1.54) is 32.1 Å². The summed E-state index contributed by atoms with van der Waals surface area (Å²) in [6, 6.07) is 7.16. The molecule has 0 atom stereocenters. The van der Waals surface area contributed by atoms with Gasteiger partial charge in [0.05, 0.1) is 12.6 Å². The van der Waals surface area contributed by atoms with Crippen LogP contribution in [0.25, 0.3) is 0 Å². The number of halogens is 1. The maximum Gasteiger partial charge on any atom is 0.191 e. The van der Waals surface area contributed by atoms with E-state index in [9.17, 15) is 5.11 Å². The van der Waals surface area contributed by atoms with Gasteiger partial charge in [-0.15, -0.1) is 24.0 Å². The second-order valence-electron chi connectivity index (χ2n) is 6.27. The first kappa shape index (κ1) is 22.0. The Kier molecular flexibility index (Phi) is 11.6. The average Bonchev–Trinajstić information content (AvgIpc) is 2.61. The van der Waals surface area contributed by atoms with Gasteiger partial charge in [-0.05, 0) is 43.9 Å². The van der Waals surface area contributed by atoms with Crippen LogP contribution in [0.15, 0.2) is 29.3 Å². The number of phenols is 1. The lowest BCUT2D eigenvalue weighted by molar-refractivity contribution is 0.0277. The van der Waals surface area contributed by atoms with Crippen LogP contribution in [0.5, 0.6) is 5.75 Å². The van der Waals surface area contributed by atoms with Crippen molar-refractivity contribution in [1.29, 1.82) is 0 Å². The molecule has 0 spiro atoms. The fourth-order valence-corrected chi connectivity index (χ4v) is 2.87. The van der Waals surface area contributed by atoms with E-state index in [0.29, 0.717) is 12.6 Å². The van der Waals surface area contributed by atoms with E-state index < -0.39 is 0 Å². The molecule has 1 aliphatic carbocycles. The summed E-state index contributed by atoms with van der Waals surface area (Å²) < 4.78 is 5.94. The van der Waals surface area contributed by atoms with E-state index in [2.05, 4.69) is 22.5 Å². The SMILES string of the molecule is CCNC(=NCc1ccc(O)cc1)NCCCOC1CCCCC1.I. The van der Waals surface area contributed by atoms with Crippen LogP contribution in [0, 0.1) is 0 Å². The highest BCUT2D eigenvalue weighted by Crippen LogP contribution is 2.20. The Morgan fingerprint density at radius 2 is 1.88 bits per heavy atom. The predicted octanol–water partition coefficient (Wildman–Crippen LogP) is 3.80. The molecule has 0 unspecified atom stereocenters. The summed E-state index contributed by atoms with van der Waals surface area (Å²) in [6.07, 6.45) is 7.92. The maximum atomic E-state index is 9.31. The van der Waals surface area contributed by atoms with Crippen molar-refractivity contribution in [2.75, 3.05) is 19.7 Å². The summed E-state index contributed by atoms with van der Waals surface area (Å²) in [6.45, 7) is 5.15. The van der Waals surface area contributed by atoms with Crippen LogP contribution in [0.4, 0.5) is 0 Å². The lowest BCUT2D eigenvalue weighted by Gasteiger charge is -2.22. The summed E-state index contributed by atoms with van der Waals surface area (Å²) >= 11 is 0. The van der Waals surface area contributed by atoms with Gasteiger partial charge in [0, 0.05) is 19.7 Å². The van der Waals surface area contributed by atoms with Gasteiger partial charge in [-0.3, -0.25) is 0 Å². The van der Waals surface area contributed by atoms with E-state index in [1.54, 1.807) is 12.1 Å². The Bertz CT molecular complexity index is 488. The molecule has 0 bridgehead atoms. The summed E-state index contributed by atoms with van der Waals surface area (Å²) in [7, 11) is 0. The molecule has 1 aromatic carbocycles. The van der Waals surface area contributed by atoms with Crippen LogP contribution in [-0.2, 0) is 11.3 Å². The van der Waals surface area contributed by atoms with Crippen molar-refractivity contribution in [2.24, 2.45) is 4.99 Å². The topological polar surface area (TPSA) is 65.9 Å². The molecule has 0 aliphatic heterocycles. The maximum absolute atomic E-state index is 9.31. The Balaban J connectivity index is 0.00000312. The van der Waals surface area contributed by atoms with Crippen LogP contribution in [0.1, 0.15) is 51.0 Å². The van der Waals surface area contributed by atoms with Crippen molar-refractivity contribution in [3.63, 3.8) is 0 Å². The van der Waals surface area contributed by atoms with Gasteiger partial charge in [-0.25, -0.2) is 4.99 Å². The molecule has 0 radical (unpaired) electrons. The van der Waals surface area contributed by atoms with Crippen LogP contribution in [-0.4, -0.2) is 36.9 Å².